The predicted molar refractivity (Wildman–Crippen MR) is 70.3 cm³/mol. The Hall–Kier alpha value is -2.07. The Kier molecular flexibility index (Phi) is 3.44. The Morgan fingerprint density at radius 3 is 2.53 bits per heavy atom. The lowest BCUT2D eigenvalue weighted by molar-refractivity contribution is 0.112. The van der Waals surface area contributed by atoms with Crippen LogP contribution in [0.4, 0.5) is 4.39 Å². The highest BCUT2D eigenvalue weighted by Gasteiger charge is 2.15. The minimum atomic E-state index is -0.770. The van der Waals surface area contributed by atoms with Gasteiger partial charge in [-0.2, -0.15) is 0 Å². The third kappa shape index (κ3) is 2.27. The summed E-state index contributed by atoms with van der Waals surface area (Å²) in [6.45, 7) is 1.62. The van der Waals surface area contributed by atoms with E-state index in [1.54, 1.807) is 6.92 Å². The fourth-order valence-corrected chi connectivity index (χ4v) is 2.08. The largest absolute Gasteiger partial charge is 0.506 e. The number of phenolic OH excluding ortho intramolecular Hbond substituents is 2. The summed E-state index contributed by atoms with van der Waals surface area (Å²) in [6, 6.07) is 5.30. The number of carbonyl (C=O) groups excluding carboxylic acids is 1. The predicted octanol–water partition coefficient (Wildman–Crippen LogP) is 3.68. The number of benzene rings is 2. The first kappa shape index (κ1) is 13.4. The maximum Gasteiger partial charge on any atom is 0.165 e. The molecule has 0 aliphatic heterocycles. The van der Waals surface area contributed by atoms with E-state index in [1.807, 2.05) is 0 Å². The van der Waals surface area contributed by atoms with Gasteiger partial charge in [-0.15, -0.1) is 0 Å². The van der Waals surface area contributed by atoms with Crippen molar-refractivity contribution in [3.05, 3.63) is 46.2 Å². The molecule has 0 saturated heterocycles. The van der Waals surface area contributed by atoms with E-state index < -0.39 is 11.6 Å². The average molecular weight is 281 g/mol. The van der Waals surface area contributed by atoms with Gasteiger partial charge in [0.05, 0.1) is 10.6 Å². The molecule has 98 valence electrons. The molecule has 5 heteroatoms. The van der Waals surface area contributed by atoms with Crippen molar-refractivity contribution in [1.82, 2.24) is 0 Å². The van der Waals surface area contributed by atoms with Crippen LogP contribution < -0.4 is 0 Å². The smallest absolute Gasteiger partial charge is 0.165 e. The Balaban J connectivity index is 2.72. The zero-order valence-corrected chi connectivity index (χ0v) is 10.7. The molecule has 0 fully saturated rings. The van der Waals surface area contributed by atoms with Gasteiger partial charge in [0.2, 0.25) is 0 Å². The van der Waals surface area contributed by atoms with Gasteiger partial charge in [0.25, 0.3) is 0 Å². The summed E-state index contributed by atoms with van der Waals surface area (Å²) in [5.41, 5.74) is 1.53. The molecule has 0 aromatic heterocycles. The number of carbonyl (C=O) groups is 1. The number of hydrogen-bond donors (Lipinski definition) is 2. The first-order valence-corrected chi connectivity index (χ1v) is 5.79. The fourth-order valence-electron chi connectivity index (χ4n) is 1.87. The number of phenols is 2. The lowest BCUT2D eigenvalue weighted by atomic mass is 9.96. The highest BCUT2D eigenvalue weighted by Crippen LogP contribution is 2.37. The summed E-state index contributed by atoms with van der Waals surface area (Å²) >= 11 is 5.84. The van der Waals surface area contributed by atoms with Crippen molar-refractivity contribution in [2.45, 2.75) is 6.92 Å². The van der Waals surface area contributed by atoms with Crippen LogP contribution in [0.2, 0.25) is 5.02 Å². The summed E-state index contributed by atoms with van der Waals surface area (Å²) in [4.78, 5) is 11.0. The number of halogens is 2. The molecule has 2 aromatic carbocycles. The highest BCUT2D eigenvalue weighted by molar-refractivity contribution is 6.32. The van der Waals surface area contributed by atoms with Crippen LogP contribution in [0, 0.1) is 12.7 Å². The first-order valence-electron chi connectivity index (χ1n) is 5.41. The molecule has 0 amide bonds. The van der Waals surface area contributed by atoms with Crippen molar-refractivity contribution in [2.24, 2.45) is 0 Å². The van der Waals surface area contributed by atoms with Gasteiger partial charge in [0, 0.05) is 0 Å². The average Bonchev–Trinajstić information content (AvgIpc) is 2.38. The molecule has 0 radical (unpaired) electrons. The third-order valence-electron chi connectivity index (χ3n) is 2.94. The van der Waals surface area contributed by atoms with E-state index in [9.17, 15) is 14.3 Å². The number of aldehydes is 1. The Bertz CT molecular complexity index is 668. The van der Waals surface area contributed by atoms with Crippen LogP contribution in [0.5, 0.6) is 11.5 Å². The first-order chi connectivity index (χ1) is 8.95. The van der Waals surface area contributed by atoms with Crippen molar-refractivity contribution in [2.75, 3.05) is 0 Å². The second-order valence-corrected chi connectivity index (χ2v) is 4.48. The van der Waals surface area contributed by atoms with Crippen LogP contribution in [0.1, 0.15) is 15.9 Å². The third-order valence-corrected chi connectivity index (χ3v) is 3.23. The molecule has 0 saturated carbocycles. The molecule has 19 heavy (non-hydrogen) atoms. The summed E-state index contributed by atoms with van der Waals surface area (Å²) < 4.78 is 13.4. The Morgan fingerprint density at radius 1 is 1.26 bits per heavy atom. The van der Waals surface area contributed by atoms with Gasteiger partial charge in [-0.1, -0.05) is 17.7 Å². The number of rotatable bonds is 2. The standard InChI is InChI=1S/C14H10ClFO3/c1-7-9(5-11(15)14(19)10(7)6-17)8-2-3-13(18)12(16)4-8/h2-6,18-19H,1H3. The molecular formula is C14H10ClFO3. The number of hydrogen-bond acceptors (Lipinski definition) is 3. The minimum absolute atomic E-state index is 0.0104. The van der Waals surface area contributed by atoms with E-state index >= 15 is 0 Å². The van der Waals surface area contributed by atoms with Crippen LogP contribution in [-0.4, -0.2) is 16.5 Å². The highest BCUT2D eigenvalue weighted by atomic mass is 35.5. The van der Waals surface area contributed by atoms with Gasteiger partial charge in [0.1, 0.15) is 5.75 Å². The molecule has 0 unspecified atom stereocenters. The molecule has 0 aliphatic carbocycles. The van der Waals surface area contributed by atoms with E-state index in [1.165, 1.54) is 18.2 Å². The molecule has 0 heterocycles. The van der Waals surface area contributed by atoms with Crippen molar-refractivity contribution in [3.63, 3.8) is 0 Å². The molecule has 2 N–H and O–H groups in total. The molecule has 3 nitrogen and oxygen atoms in total. The van der Waals surface area contributed by atoms with E-state index in [2.05, 4.69) is 0 Å². The van der Waals surface area contributed by atoms with Crippen LogP contribution in [0.15, 0.2) is 24.3 Å². The van der Waals surface area contributed by atoms with Gasteiger partial charge >= 0.3 is 0 Å². The van der Waals surface area contributed by atoms with Gasteiger partial charge < -0.3 is 10.2 Å². The van der Waals surface area contributed by atoms with Crippen LogP contribution >= 0.6 is 11.6 Å². The van der Waals surface area contributed by atoms with Crippen LogP contribution in [-0.2, 0) is 0 Å². The van der Waals surface area contributed by atoms with Crippen LogP contribution in [0.3, 0.4) is 0 Å². The second kappa shape index (κ2) is 4.90. The maximum atomic E-state index is 13.4. The SMILES string of the molecule is Cc1c(-c2ccc(O)c(F)c2)cc(Cl)c(O)c1C=O. The van der Waals surface area contributed by atoms with E-state index in [0.717, 1.165) is 6.07 Å². The van der Waals surface area contributed by atoms with Gasteiger partial charge in [-0.05, 0) is 41.8 Å². The Labute approximate surface area is 113 Å². The van der Waals surface area contributed by atoms with Crippen molar-refractivity contribution in [1.29, 1.82) is 0 Å². The monoisotopic (exact) mass is 280 g/mol. The second-order valence-electron chi connectivity index (χ2n) is 4.08. The maximum absolute atomic E-state index is 13.4. The molecule has 2 aromatic rings. The van der Waals surface area contributed by atoms with Crippen molar-refractivity contribution >= 4 is 17.9 Å². The lowest BCUT2D eigenvalue weighted by Crippen LogP contribution is -1.93. The van der Waals surface area contributed by atoms with Gasteiger partial charge in [0.15, 0.2) is 17.9 Å². The van der Waals surface area contributed by atoms with Gasteiger partial charge in [-0.25, -0.2) is 4.39 Å². The molecule has 0 bridgehead atoms. The fraction of sp³-hybridized carbons (Fsp3) is 0.0714. The van der Waals surface area contributed by atoms with E-state index in [-0.39, 0.29) is 16.3 Å². The summed E-state index contributed by atoms with van der Waals surface area (Å²) in [5, 5.41) is 18.8. The normalized spacial score (nSPS) is 10.5. The molecule has 2 rings (SSSR count). The molecular weight excluding hydrogens is 271 g/mol. The zero-order valence-electron chi connectivity index (χ0n) is 9.95. The topological polar surface area (TPSA) is 57.5 Å². The zero-order chi connectivity index (χ0) is 14.2. The van der Waals surface area contributed by atoms with Crippen molar-refractivity contribution in [3.8, 4) is 22.6 Å². The van der Waals surface area contributed by atoms with Crippen LogP contribution in [0.25, 0.3) is 11.1 Å². The Morgan fingerprint density at radius 2 is 1.95 bits per heavy atom. The molecule has 0 spiro atoms. The quantitative estimate of drug-likeness (QED) is 0.825. The minimum Gasteiger partial charge on any atom is -0.506 e. The molecule has 0 aliphatic rings. The summed E-state index contributed by atoms with van der Waals surface area (Å²) in [7, 11) is 0. The van der Waals surface area contributed by atoms with Crippen molar-refractivity contribution < 1.29 is 19.4 Å². The summed E-state index contributed by atoms with van der Waals surface area (Å²) in [5.74, 6) is -1.52. The number of aromatic hydroxyl groups is 2. The summed E-state index contributed by atoms with van der Waals surface area (Å²) in [6.07, 6.45) is 0.497. The lowest BCUT2D eigenvalue weighted by Gasteiger charge is -2.12. The van der Waals surface area contributed by atoms with E-state index in [0.29, 0.717) is 23.0 Å². The van der Waals surface area contributed by atoms with E-state index in [4.69, 9.17) is 16.7 Å². The molecule has 0 atom stereocenters. The van der Waals surface area contributed by atoms with Gasteiger partial charge in [-0.3, -0.25) is 4.79 Å².